The summed E-state index contributed by atoms with van der Waals surface area (Å²) in [5.41, 5.74) is 2.62. The van der Waals surface area contributed by atoms with Crippen LogP contribution in [0.4, 0.5) is 5.82 Å². The lowest BCUT2D eigenvalue weighted by molar-refractivity contribution is -0.116. The van der Waals surface area contributed by atoms with Gasteiger partial charge in [-0.05, 0) is 43.7 Å². The number of imidazole rings is 1. The third-order valence-electron chi connectivity index (χ3n) is 5.07. The van der Waals surface area contributed by atoms with Crippen molar-refractivity contribution in [3.05, 3.63) is 60.0 Å². The molecule has 0 bridgehead atoms. The molecule has 1 atom stereocenters. The minimum absolute atomic E-state index is 0.0516. The molecule has 7 nitrogen and oxygen atoms in total. The zero-order valence-corrected chi connectivity index (χ0v) is 17.5. The molecule has 1 aromatic heterocycles. The molecule has 3 aromatic rings. The van der Waals surface area contributed by atoms with Crippen LogP contribution in [0.15, 0.2) is 48.8 Å². The normalized spacial score (nSPS) is 15.5. The zero-order valence-electron chi connectivity index (χ0n) is 17.5. The number of nitrogens with one attached hydrogen (secondary N) is 1. The molecule has 0 saturated heterocycles. The summed E-state index contributed by atoms with van der Waals surface area (Å²) in [6.45, 7) is 3.98. The summed E-state index contributed by atoms with van der Waals surface area (Å²) in [7, 11) is 3.21. The van der Waals surface area contributed by atoms with E-state index in [1.165, 1.54) is 0 Å². The van der Waals surface area contributed by atoms with Crippen LogP contribution in [0.1, 0.15) is 37.4 Å². The summed E-state index contributed by atoms with van der Waals surface area (Å²) in [5, 5.41) is 2.97. The van der Waals surface area contributed by atoms with Crippen molar-refractivity contribution in [2.24, 2.45) is 0 Å². The predicted molar refractivity (Wildman–Crippen MR) is 114 cm³/mol. The van der Waals surface area contributed by atoms with E-state index in [9.17, 15) is 4.79 Å². The number of hydrogen-bond donors (Lipinski definition) is 1. The van der Waals surface area contributed by atoms with Gasteiger partial charge in [-0.2, -0.15) is 0 Å². The average Bonchev–Trinajstić information content (AvgIpc) is 3.16. The van der Waals surface area contributed by atoms with E-state index in [4.69, 9.17) is 14.2 Å². The van der Waals surface area contributed by atoms with E-state index in [1.54, 1.807) is 26.6 Å². The zero-order chi connectivity index (χ0) is 21.3. The molecular weight excluding hydrogens is 382 g/mol. The highest BCUT2D eigenvalue weighted by Crippen LogP contribution is 2.39. The highest BCUT2D eigenvalue weighted by atomic mass is 16.5. The van der Waals surface area contributed by atoms with Crippen molar-refractivity contribution in [3.63, 3.8) is 0 Å². The van der Waals surface area contributed by atoms with Gasteiger partial charge in [-0.3, -0.25) is 9.36 Å². The molecule has 0 spiro atoms. The van der Waals surface area contributed by atoms with Crippen molar-refractivity contribution in [1.29, 1.82) is 0 Å². The van der Waals surface area contributed by atoms with Crippen LogP contribution in [0.2, 0.25) is 0 Å². The number of carbonyl (C=O) groups is 1. The number of amides is 1. The Kier molecular flexibility index (Phi) is 5.35. The second-order valence-corrected chi connectivity index (χ2v) is 7.43. The molecule has 1 N–H and O–H groups in total. The Labute approximate surface area is 175 Å². The maximum Gasteiger partial charge on any atom is 0.226 e. The maximum atomic E-state index is 12.5. The van der Waals surface area contributed by atoms with E-state index < -0.39 is 0 Å². The standard InChI is InChI=1S/C23H25N3O4/c1-14(2)30-16-7-5-15(6-8-16)18-12-21(27)25-23-22(18)24-13-26(23)19-10-9-17(28-3)11-20(19)29-4/h5-11,13-14,18H,12H2,1-4H3,(H,25,27)/t18-/m1/s1. The third-order valence-corrected chi connectivity index (χ3v) is 5.07. The quantitative estimate of drug-likeness (QED) is 0.664. The van der Waals surface area contributed by atoms with Crippen molar-refractivity contribution < 1.29 is 19.0 Å². The Morgan fingerprint density at radius 2 is 1.80 bits per heavy atom. The first-order chi connectivity index (χ1) is 14.5. The topological polar surface area (TPSA) is 74.6 Å². The molecule has 0 aliphatic carbocycles. The summed E-state index contributed by atoms with van der Waals surface area (Å²) < 4.78 is 18.4. The number of fused-ring (bicyclic) bond motifs is 1. The van der Waals surface area contributed by atoms with Gasteiger partial charge >= 0.3 is 0 Å². The van der Waals surface area contributed by atoms with E-state index in [-0.39, 0.29) is 17.9 Å². The van der Waals surface area contributed by atoms with E-state index in [1.807, 2.05) is 54.8 Å². The Morgan fingerprint density at radius 1 is 1.07 bits per heavy atom. The molecule has 2 heterocycles. The van der Waals surface area contributed by atoms with Crippen molar-refractivity contribution >= 4 is 11.7 Å². The summed E-state index contributed by atoms with van der Waals surface area (Å²) in [5.74, 6) is 2.60. The summed E-state index contributed by atoms with van der Waals surface area (Å²) in [4.78, 5) is 17.2. The Morgan fingerprint density at radius 3 is 2.47 bits per heavy atom. The molecule has 1 amide bonds. The number of aromatic nitrogens is 2. The van der Waals surface area contributed by atoms with Gasteiger partial charge in [-0.25, -0.2) is 4.98 Å². The smallest absolute Gasteiger partial charge is 0.226 e. The number of benzene rings is 2. The molecular formula is C23H25N3O4. The molecule has 7 heteroatoms. The second-order valence-electron chi connectivity index (χ2n) is 7.43. The summed E-state index contributed by atoms with van der Waals surface area (Å²) in [6.07, 6.45) is 2.16. The second kappa shape index (κ2) is 8.10. The lowest BCUT2D eigenvalue weighted by atomic mass is 9.90. The number of ether oxygens (including phenoxy) is 3. The molecule has 0 unspecified atom stereocenters. The van der Waals surface area contributed by atoms with Crippen molar-refractivity contribution in [3.8, 4) is 22.9 Å². The van der Waals surface area contributed by atoms with Crippen LogP contribution in [0, 0.1) is 0 Å². The van der Waals surface area contributed by atoms with Crippen LogP contribution < -0.4 is 19.5 Å². The Balaban J connectivity index is 1.72. The molecule has 2 aromatic carbocycles. The lowest BCUT2D eigenvalue weighted by Crippen LogP contribution is -2.25. The predicted octanol–water partition coefficient (Wildman–Crippen LogP) is 4.15. The first-order valence-electron chi connectivity index (χ1n) is 9.86. The molecule has 1 aliphatic heterocycles. The van der Waals surface area contributed by atoms with Gasteiger partial charge in [0.1, 0.15) is 29.4 Å². The Hall–Kier alpha value is -3.48. The van der Waals surface area contributed by atoms with Gasteiger partial charge in [0, 0.05) is 18.4 Å². The van der Waals surface area contributed by atoms with Gasteiger partial charge in [0.25, 0.3) is 0 Å². The SMILES string of the molecule is COc1ccc(-n2cnc3c2NC(=O)C[C@@H]3c2ccc(OC(C)C)cc2)c(OC)c1. The maximum absolute atomic E-state index is 12.5. The fourth-order valence-electron chi connectivity index (χ4n) is 3.70. The molecule has 156 valence electrons. The molecule has 0 fully saturated rings. The number of anilines is 1. The van der Waals surface area contributed by atoms with Crippen molar-refractivity contribution in [2.75, 3.05) is 19.5 Å². The Bertz CT molecular complexity index is 1060. The van der Waals surface area contributed by atoms with E-state index >= 15 is 0 Å². The molecule has 4 rings (SSSR count). The number of methoxy groups -OCH3 is 2. The fraction of sp³-hybridized carbons (Fsp3) is 0.304. The average molecular weight is 407 g/mol. The van der Waals surface area contributed by atoms with E-state index in [0.717, 1.165) is 22.7 Å². The lowest BCUT2D eigenvalue weighted by Gasteiger charge is -2.24. The van der Waals surface area contributed by atoms with Gasteiger partial charge in [0.05, 0.1) is 31.7 Å². The summed E-state index contributed by atoms with van der Waals surface area (Å²) in [6, 6.07) is 13.4. The first-order valence-corrected chi connectivity index (χ1v) is 9.86. The molecule has 30 heavy (non-hydrogen) atoms. The van der Waals surface area contributed by atoms with Crippen LogP contribution in [0.5, 0.6) is 17.2 Å². The number of nitrogens with zero attached hydrogens (tertiary/aromatic N) is 2. The largest absolute Gasteiger partial charge is 0.497 e. The number of rotatable bonds is 6. The van der Waals surface area contributed by atoms with Crippen molar-refractivity contribution in [2.45, 2.75) is 32.3 Å². The van der Waals surface area contributed by atoms with Gasteiger partial charge in [-0.15, -0.1) is 0 Å². The first kappa shape index (κ1) is 19.8. The minimum Gasteiger partial charge on any atom is -0.497 e. The minimum atomic E-state index is -0.132. The van der Waals surface area contributed by atoms with Crippen LogP contribution >= 0.6 is 0 Å². The van der Waals surface area contributed by atoms with Crippen molar-refractivity contribution in [1.82, 2.24) is 9.55 Å². The highest BCUT2D eigenvalue weighted by molar-refractivity contribution is 5.94. The highest BCUT2D eigenvalue weighted by Gasteiger charge is 2.31. The van der Waals surface area contributed by atoms with Gasteiger partial charge in [-0.1, -0.05) is 12.1 Å². The number of carbonyl (C=O) groups excluding carboxylic acids is 1. The molecule has 0 radical (unpaired) electrons. The monoisotopic (exact) mass is 407 g/mol. The third kappa shape index (κ3) is 3.70. The van der Waals surface area contributed by atoms with Crippen LogP contribution in [-0.4, -0.2) is 35.8 Å². The van der Waals surface area contributed by atoms with Gasteiger partial charge in [0.15, 0.2) is 0 Å². The summed E-state index contributed by atoms with van der Waals surface area (Å²) >= 11 is 0. The van der Waals surface area contributed by atoms with E-state index in [2.05, 4.69) is 10.3 Å². The van der Waals surface area contributed by atoms with Crippen LogP contribution in [0.3, 0.4) is 0 Å². The van der Waals surface area contributed by atoms with Gasteiger partial charge < -0.3 is 19.5 Å². The van der Waals surface area contributed by atoms with Gasteiger partial charge in [0.2, 0.25) is 5.91 Å². The fourth-order valence-corrected chi connectivity index (χ4v) is 3.70. The van der Waals surface area contributed by atoms with Crippen LogP contribution in [0.25, 0.3) is 5.69 Å². The molecule has 1 aliphatic rings. The molecule has 0 saturated carbocycles. The van der Waals surface area contributed by atoms with Crippen LogP contribution in [-0.2, 0) is 4.79 Å². The number of hydrogen-bond acceptors (Lipinski definition) is 5. The van der Waals surface area contributed by atoms with E-state index in [0.29, 0.717) is 23.7 Å².